The van der Waals surface area contributed by atoms with Crippen LogP contribution in [0.4, 0.5) is 11.5 Å². The molecule has 0 aliphatic heterocycles. The van der Waals surface area contributed by atoms with Gasteiger partial charge in [0.25, 0.3) is 5.78 Å². The summed E-state index contributed by atoms with van der Waals surface area (Å²) in [5, 5.41) is 8.08. The standard InChI is InChI=1S/C15H16ClN5/c1-3-6-11-7-4-5-8-12(11)19-14-10(2)13(16)20-15-17-9-18-21(14)15/h4-5,7-9,19H,3,6H2,1-2H3. The van der Waals surface area contributed by atoms with Crippen molar-refractivity contribution in [3.05, 3.63) is 46.9 Å². The molecule has 0 radical (unpaired) electrons. The van der Waals surface area contributed by atoms with Crippen molar-refractivity contribution in [2.45, 2.75) is 26.7 Å². The van der Waals surface area contributed by atoms with Crippen molar-refractivity contribution in [1.82, 2.24) is 19.6 Å². The summed E-state index contributed by atoms with van der Waals surface area (Å²) >= 11 is 6.18. The summed E-state index contributed by atoms with van der Waals surface area (Å²) < 4.78 is 1.67. The van der Waals surface area contributed by atoms with E-state index in [2.05, 4.69) is 39.4 Å². The van der Waals surface area contributed by atoms with Crippen LogP contribution in [0, 0.1) is 6.92 Å². The molecule has 5 nitrogen and oxygen atoms in total. The van der Waals surface area contributed by atoms with Gasteiger partial charge in [0.15, 0.2) is 0 Å². The first-order valence-corrected chi connectivity index (χ1v) is 7.29. The lowest BCUT2D eigenvalue weighted by molar-refractivity contribution is 0.915. The van der Waals surface area contributed by atoms with Crippen LogP contribution in [-0.2, 0) is 6.42 Å². The highest BCUT2D eigenvalue weighted by Gasteiger charge is 2.13. The molecule has 0 saturated carbocycles. The zero-order valence-electron chi connectivity index (χ0n) is 12.0. The van der Waals surface area contributed by atoms with Crippen molar-refractivity contribution in [2.24, 2.45) is 0 Å². The van der Waals surface area contributed by atoms with E-state index in [9.17, 15) is 0 Å². The lowest BCUT2D eigenvalue weighted by Gasteiger charge is -2.14. The molecule has 0 bridgehead atoms. The number of benzene rings is 1. The van der Waals surface area contributed by atoms with E-state index in [1.807, 2.05) is 19.1 Å². The maximum atomic E-state index is 6.18. The van der Waals surface area contributed by atoms with Gasteiger partial charge in [-0.1, -0.05) is 43.1 Å². The van der Waals surface area contributed by atoms with E-state index in [-0.39, 0.29) is 0 Å². The lowest BCUT2D eigenvalue weighted by atomic mass is 10.1. The quantitative estimate of drug-likeness (QED) is 0.745. The van der Waals surface area contributed by atoms with Gasteiger partial charge in [-0.3, -0.25) is 0 Å². The van der Waals surface area contributed by atoms with Gasteiger partial charge in [-0.25, -0.2) is 0 Å². The summed E-state index contributed by atoms with van der Waals surface area (Å²) in [4.78, 5) is 8.31. The van der Waals surface area contributed by atoms with Crippen molar-refractivity contribution in [2.75, 3.05) is 5.32 Å². The molecule has 0 unspecified atom stereocenters. The Morgan fingerprint density at radius 2 is 2.10 bits per heavy atom. The summed E-state index contributed by atoms with van der Waals surface area (Å²) in [5.41, 5.74) is 3.17. The first-order valence-electron chi connectivity index (χ1n) is 6.91. The Morgan fingerprint density at radius 3 is 2.90 bits per heavy atom. The number of hydrogen-bond acceptors (Lipinski definition) is 4. The Bertz CT molecular complexity index is 781. The first-order chi connectivity index (χ1) is 10.2. The second-order valence-corrected chi connectivity index (χ2v) is 5.24. The van der Waals surface area contributed by atoms with E-state index in [4.69, 9.17) is 11.6 Å². The van der Waals surface area contributed by atoms with E-state index in [1.165, 1.54) is 11.9 Å². The largest absolute Gasteiger partial charge is 0.340 e. The number of aryl methyl sites for hydroxylation is 1. The van der Waals surface area contributed by atoms with Crippen LogP contribution >= 0.6 is 11.6 Å². The molecule has 0 saturated heterocycles. The van der Waals surface area contributed by atoms with Crippen molar-refractivity contribution in [1.29, 1.82) is 0 Å². The second kappa shape index (κ2) is 5.69. The first kappa shape index (κ1) is 13.8. The number of nitrogens with one attached hydrogen (secondary N) is 1. The summed E-state index contributed by atoms with van der Waals surface area (Å²) in [6.07, 6.45) is 3.58. The minimum Gasteiger partial charge on any atom is -0.340 e. The average molecular weight is 302 g/mol. The number of fused-ring (bicyclic) bond motifs is 1. The van der Waals surface area contributed by atoms with Crippen molar-refractivity contribution >= 4 is 28.9 Å². The Morgan fingerprint density at radius 1 is 1.29 bits per heavy atom. The lowest BCUT2D eigenvalue weighted by Crippen LogP contribution is -2.06. The maximum absolute atomic E-state index is 6.18. The summed E-state index contributed by atoms with van der Waals surface area (Å²) in [6, 6.07) is 8.25. The monoisotopic (exact) mass is 301 g/mol. The van der Waals surface area contributed by atoms with Crippen LogP contribution < -0.4 is 5.32 Å². The zero-order valence-corrected chi connectivity index (χ0v) is 12.7. The zero-order chi connectivity index (χ0) is 14.8. The van der Waals surface area contributed by atoms with Gasteiger partial charge >= 0.3 is 0 Å². The third-order valence-electron chi connectivity index (χ3n) is 3.39. The highest BCUT2D eigenvalue weighted by Crippen LogP contribution is 2.27. The molecule has 108 valence electrons. The molecule has 0 aliphatic carbocycles. The Labute approximate surface area is 128 Å². The predicted octanol–water partition coefficient (Wildman–Crippen LogP) is 3.78. The molecule has 2 aromatic heterocycles. The normalized spacial score (nSPS) is 11.0. The predicted molar refractivity (Wildman–Crippen MR) is 84.2 cm³/mol. The molecule has 0 fully saturated rings. The van der Waals surface area contributed by atoms with Gasteiger partial charge in [0, 0.05) is 11.3 Å². The molecule has 0 spiro atoms. The summed E-state index contributed by atoms with van der Waals surface area (Å²) in [6.45, 7) is 4.09. The molecule has 6 heteroatoms. The van der Waals surface area contributed by atoms with Crippen molar-refractivity contribution < 1.29 is 0 Å². The van der Waals surface area contributed by atoms with Gasteiger partial charge in [-0.05, 0) is 25.0 Å². The van der Waals surface area contributed by atoms with Crippen LogP contribution in [0.15, 0.2) is 30.6 Å². The summed E-state index contributed by atoms with van der Waals surface area (Å²) in [5.74, 6) is 1.28. The molecule has 0 atom stereocenters. The number of aromatic nitrogens is 4. The number of halogens is 1. The molecular weight excluding hydrogens is 286 g/mol. The molecule has 2 heterocycles. The van der Waals surface area contributed by atoms with E-state index < -0.39 is 0 Å². The molecular formula is C15H16ClN5. The molecule has 3 aromatic rings. The van der Waals surface area contributed by atoms with Gasteiger partial charge in [-0.2, -0.15) is 19.6 Å². The van der Waals surface area contributed by atoms with Crippen LogP contribution in [0.1, 0.15) is 24.5 Å². The SMILES string of the molecule is CCCc1ccccc1Nc1c(C)c(Cl)nc2ncnn12. The number of para-hydroxylation sites is 1. The Balaban J connectivity index is 2.10. The van der Waals surface area contributed by atoms with Gasteiger partial charge in [0.2, 0.25) is 0 Å². The fraction of sp³-hybridized carbons (Fsp3) is 0.267. The Kier molecular flexibility index (Phi) is 3.75. The fourth-order valence-corrected chi connectivity index (χ4v) is 2.47. The van der Waals surface area contributed by atoms with Crippen LogP contribution in [0.25, 0.3) is 5.78 Å². The molecule has 1 N–H and O–H groups in total. The number of nitrogens with zero attached hydrogens (tertiary/aromatic N) is 4. The highest BCUT2D eigenvalue weighted by molar-refractivity contribution is 6.30. The van der Waals surface area contributed by atoms with Crippen molar-refractivity contribution in [3.63, 3.8) is 0 Å². The molecule has 0 amide bonds. The second-order valence-electron chi connectivity index (χ2n) is 4.88. The third kappa shape index (κ3) is 2.56. The van der Waals surface area contributed by atoms with Crippen molar-refractivity contribution in [3.8, 4) is 0 Å². The van der Waals surface area contributed by atoms with Gasteiger partial charge < -0.3 is 5.32 Å². The smallest absolute Gasteiger partial charge is 0.255 e. The average Bonchev–Trinajstić information content (AvgIpc) is 2.93. The molecule has 0 aliphatic rings. The van der Waals surface area contributed by atoms with Crippen LogP contribution in [0.2, 0.25) is 5.15 Å². The van der Waals surface area contributed by atoms with E-state index in [0.29, 0.717) is 10.9 Å². The molecule has 3 rings (SSSR count). The number of anilines is 2. The molecule has 21 heavy (non-hydrogen) atoms. The topological polar surface area (TPSA) is 55.1 Å². The molecule has 1 aromatic carbocycles. The Hall–Kier alpha value is -2.14. The number of hydrogen-bond donors (Lipinski definition) is 1. The van der Waals surface area contributed by atoms with Crippen LogP contribution in [-0.4, -0.2) is 19.6 Å². The van der Waals surface area contributed by atoms with Crippen LogP contribution in [0.5, 0.6) is 0 Å². The van der Waals surface area contributed by atoms with E-state index in [1.54, 1.807) is 4.52 Å². The third-order valence-corrected chi connectivity index (χ3v) is 3.76. The van der Waals surface area contributed by atoms with Gasteiger partial charge in [-0.15, -0.1) is 0 Å². The minimum absolute atomic E-state index is 0.436. The van der Waals surface area contributed by atoms with Gasteiger partial charge in [0.05, 0.1) is 0 Å². The van der Waals surface area contributed by atoms with Crippen LogP contribution in [0.3, 0.4) is 0 Å². The van der Waals surface area contributed by atoms with E-state index >= 15 is 0 Å². The number of rotatable bonds is 4. The minimum atomic E-state index is 0.436. The highest BCUT2D eigenvalue weighted by atomic mass is 35.5. The maximum Gasteiger partial charge on any atom is 0.255 e. The summed E-state index contributed by atoms with van der Waals surface area (Å²) in [7, 11) is 0. The van der Waals surface area contributed by atoms with Gasteiger partial charge in [0.1, 0.15) is 17.3 Å². The fourth-order valence-electron chi connectivity index (χ4n) is 2.30. The van der Waals surface area contributed by atoms with E-state index in [0.717, 1.165) is 29.9 Å².